The lowest BCUT2D eigenvalue weighted by Gasteiger charge is -2.15. The Hall–Kier alpha value is -2.40. The van der Waals surface area contributed by atoms with Crippen molar-refractivity contribution in [3.8, 4) is 0 Å². The molecule has 2 N–H and O–H groups in total. The van der Waals surface area contributed by atoms with Crippen molar-refractivity contribution in [3.05, 3.63) is 59.3 Å². The minimum Gasteiger partial charge on any atom is -0.481 e. The number of pyridine rings is 1. The number of carboxylic acid groups (broad SMARTS) is 1. The molecule has 0 saturated carbocycles. The van der Waals surface area contributed by atoms with Crippen molar-refractivity contribution in [3.63, 3.8) is 0 Å². The Kier molecular flexibility index (Phi) is 6.11. The van der Waals surface area contributed by atoms with E-state index in [0.29, 0.717) is 13.2 Å². The van der Waals surface area contributed by atoms with Crippen LogP contribution in [0.3, 0.4) is 0 Å². The number of benzene rings is 1. The summed E-state index contributed by atoms with van der Waals surface area (Å²) in [5.74, 6) is -0.134. The summed E-state index contributed by atoms with van der Waals surface area (Å²) in [7, 11) is 0. The van der Waals surface area contributed by atoms with Crippen LogP contribution in [0.2, 0.25) is 0 Å². The van der Waals surface area contributed by atoms with E-state index in [1.54, 1.807) is 6.20 Å². The maximum atomic E-state index is 10.9. The number of ether oxygens (including phenoxy) is 1. The van der Waals surface area contributed by atoms with Gasteiger partial charge in [-0.1, -0.05) is 35.9 Å². The minimum absolute atomic E-state index is 0.0638. The number of hydrogen-bond acceptors (Lipinski definition) is 4. The minimum atomic E-state index is -0.884. The highest BCUT2D eigenvalue weighted by atomic mass is 16.5. The Morgan fingerprint density at radius 2 is 2.00 bits per heavy atom. The first-order chi connectivity index (χ1) is 11.1. The first-order valence-electron chi connectivity index (χ1n) is 7.67. The molecule has 5 heteroatoms. The molecule has 1 atom stereocenters. The zero-order valence-corrected chi connectivity index (χ0v) is 13.5. The van der Waals surface area contributed by atoms with Crippen molar-refractivity contribution in [2.75, 3.05) is 11.9 Å². The molecule has 2 rings (SSSR count). The van der Waals surface area contributed by atoms with E-state index in [1.165, 1.54) is 11.1 Å². The largest absolute Gasteiger partial charge is 0.481 e. The Bertz CT molecular complexity index is 624. The van der Waals surface area contributed by atoms with E-state index in [4.69, 9.17) is 9.84 Å². The van der Waals surface area contributed by atoms with E-state index in [9.17, 15) is 4.79 Å². The fourth-order valence-corrected chi connectivity index (χ4v) is 2.23. The fourth-order valence-electron chi connectivity index (χ4n) is 2.23. The summed E-state index contributed by atoms with van der Waals surface area (Å²) in [6.45, 7) is 5.06. The molecule has 5 nitrogen and oxygen atoms in total. The van der Waals surface area contributed by atoms with Crippen LogP contribution in [-0.4, -0.2) is 22.7 Å². The maximum Gasteiger partial charge on any atom is 0.306 e. The third kappa shape index (κ3) is 5.38. The van der Waals surface area contributed by atoms with Crippen molar-refractivity contribution < 1.29 is 14.6 Å². The molecule has 2 aromatic rings. The summed E-state index contributed by atoms with van der Waals surface area (Å²) in [6, 6.07) is 12.0. The van der Waals surface area contributed by atoms with Gasteiger partial charge in [0.25, 0.3) is 0 Å². The van der Waals surface area contributed by atoms with Gasteiger partial charge < -0.3 is 15.2 Å². The second-order valence-corrected chi connectivity index (χ2v) is 5.36. The van der Waals surface area contributed by atoms with Gasteiger partial charge in [-0.25, -0.2) is 4.98 Å². The van der Waals surface area contributed by atoms with Gasteiger partial charge in [0.05, 0.1) is 12.5 Å². The summed E-state index contributed by atoms with van der Waals surface area (Å²) in [4.78, 5) is 15.2. The third-order valence-corrected chi connectivity index (χ3v) is 3.48. The summed E-state index contributed by atoms with van der Waals surface area (Å²) in [5, 5.41) is 12.2. The number of aromatic nitrogens is 1. The molecule has 0 amide bonds. The second kappa shape index (κ2) is 8.29. The Labute approximate surface area is 136 Å². The zero-order valence-electron chi connectivity index (χ0n) is 13.5. The van der Waals surface area contributed by atoms with Gasteiger partial charge in [0.2, 0.25) is 0 Å². The molecular weight excluding hydrogens is 292 g/mol. The van der Waals surface area contributed by atoms with Crippen LogP contribution < -0.4 is 5.32 Å². The molecule has 0 saturated heterocycles. The molecule has 1 unspecified atom stereocenters. The summed E-state index contributed by atoms with van der Waals surface area (Å²) in [5.41, 5.74) is 3.19. The highest BCUT2D eigenvalue weighted by Crippen LogP contribution is 2.21. The zero-order chi connectivity index (χ0) is 16.7. The van der Waals surface area contributed by atoms with Crippen LogP contribution in [0.25, 0.3) is 0 Å². The predicted octanol–water partition coefficient (Wildman–Crippen LogP) is 3.55. The molecule has 0 fully saturated rings. The highest BCUT2D eigenvalue weighted by molar-refractivity contribution is 5.67. The van der Waals surface area contributed by atoms with Gasteiger partial charge in [0.1, 0.15) is 5.82 Å². The lowest BCUT2D eigenvalue weighted by Crippen LogP contribution is -2.11. The fraction of sp³-hybridized carbons (Fsp3) is 0.333. The van der Waals surface area contributed by atoms with Crippen molar-refractivity contribution in [2.45, 2.75) is 32.9 Å². The number of carbonyl (C=O) groups is 1. The quantitative estimate of drug-likeness (QED) is 0.779. The van der Waals surface area contributed by atoms with Gasteiger partial charge in [0.15, 0.2) is 0 Å². The molecule has 23 heavy (non-hydrogen) atoms. The van der Waals surface area contributed by atoms with Crippen LogP contribution in [0.4, 0.5) is 5.82 Å². The number of aliphatic carboxylic acids is 1. The molecule has 0 aliphatic carbocycles. The topological polar surface area (TPSA) is 71.5 Å². The van der Waals surface area contributed by atoms with Crippen molar-refractivity contribution in [1.82, 2.24) is 4.98 Å². The number of anilines is 1. The summed E-state index contributed by atoms with van der Waals surface area (Å²) < 4.78 is 5.48. The van der Waals surface area contributed by atoms with E-state index in [2.05, 4.69) is 41.5 Å². The lowest BCUT2D eigenvalue weighted by molar-refractivity contribution is -0.140. The molecule has 122 valence electrons. The molecule has 1 aromatic heterocycles. The molecular formula is C18H22N2O3. The monoisotopic (exact) mass is 314 g/mol. The van der Waals surface area contributed by atoms with E-state index >= 15 is 0 Å². The summed E-state index contributed by atoms with van der Waals surface area (Å²) in [6.07, 6.45) is 1.14. The van der Waals surface area contributed by atoms with Crippen molar-refractivity contribution in [2.24, 2.45) is 0 Å². The first-order valence-corrected chi connectivity index (χ1v) is 7.67. The smallest absolute Gasteiger partial charge is 0.306 e. The van der Waals surface area contributed by atoms with Gasteiger partial charge in [-0.2, -0.15) is 0 Å². The van der Waals surface area contributed by atoms with Crippen LogP contribution in [-0.2, 0) is 16.1 Å². The normalized spacial score (nSPS) is 11.9. The van der Waals surface area contributed by atoms with Crippen LogP contribution in [0, 0.1) is 6.92 Å². The average Bonchev–Trinajstić information content (AvgIpc) is 2.54. The number of hydrogen-bond donors (Lipinski definition) is 2. The highest BCUT2D eigenvalue weighted by Gasteiger charge is 2.16. The summed E-state index contributed by atoms with van der Waals surface area (Å²) >= 11 is 0. The van der Waals surface area contributed by atoms with Gasteiger partial charge in [-0.05, 0) is 31.0 Å². The number of aryl methyl sites for hydroxylation is 1. The molecule has 0 radical (unpaired) electrons. The predicted molar refractivity (Wildman–Crippen MR) is 89.4 cm³/mol. The second-order valence-electron chi connectivity index (χ2n) is 5.36. The molecule has 0 spiro atoms. The van der Waals surface area contributed by atoms with Crippen LogP contribution >= 0.6 is 0 Å². The molecule has 0 aliphatic heterocycles. The van der Waals surface area contributed by atoms with Crippen LogP contribution in [0.5, 0.6) is 0 Å². The van der Waals surface area contributed by atoms with Crippen LogP contribution in [0.15, 0.2) is 42.6 Å². The SMILES string of the molecule is CCOC(CC(=O)O)c1ccc(NCc2ccc(C)cc2)nc1. The third-order valence-electron chi connectivity index (χ3n) is 3.48. The average molecular weight is 314 g/mol. The first kappa shape index (κ1) is 17.0. The number of nitrogens with one attached hydrogen (secondary N) is 1. The Balaban J connectivity index is 1.97. The van der Waals surface area contributed by atoms with E-state index in [0.717, 1.165) is 11.4 Å². The van der Waals surface area contributed by atoms with Gasteiger partial charge in [-0.3, -0.25) is 4.79 Å². The van der Waals surface area contributed by atoms with Gasteiger partial charge >= 0.3 is 5.97 Å². The lowest BCUT2D eigenvalue weighted by atomic mass is 10.1. The Morgan fingerprint density at radius 3 is 2.57 bits per heavy atom. The molecule has 1 aromatic carbocycles. The van der Waals surface area contributed by atoms with E-state index in [1.807, 2.05) is 19.1 Å². The molecule has 0 aliphatic rings. The molecule has 0 bridgehead atoms. The standard InChI is InChI=1S/C18H22N2O3/c1-3-23-16(10-18(21)22)15-8-9-17(20-12-15)19-11-14-6-4-13(2)5-7-14/h4-9,12,16H,3,10-11H2,1-2H3,(H,19,20)(H,21,22). The van der Waals surface area contributed by atoms with Gasteiger partial charge in [0, 0.05) is 19.3 Å². The van der Waals surface area contributed by atoms with Gasteiger partial charge in [-0.15, -0.1) is 0 Å². The van der Waals surface area contributed by atoms with Crippen molar-refractivity contribution in [1.29, 1.82) is 0 Å². The van der Waals surface area contributed by atoms with E-state index in [-0.39, 0.29) is 6.42 Å². The van der Waals surface area contributed by atoms with Crippen molar-refractivity contribution >= 4 is 11.8 Å². The van der Waals surface area contributed by atoms with Crippen LogP contribution in [0.1, 0.15) is 36.1 Å². The molecule has 1 heterocycles. The maximum absolute atomic E-state index is 10.9. The number of rotatable bonds is 8. The Morgan fingerprint density at radius 1 is 1.26 bits per heavy atom. The van der Waals surface area contributed by atoms with E-state index < -0.39 is 12.1 Å². The number of nitrogens with zero attached hydrogens (tertiary/aromatic N) is 1. The number of carboxylic acids is 1.